The molecule has 0 bridgehead atoms. The van der Waals surface area contributed by atoms with Crippen LogP contribution in [0.4, 0.5) is 4.79 Å². The van der Waals surface area contributed by atoms with Crippen LogP contribution in [0.5, 0.6) is 0 Å². The van der Waals surface area contributed by atoms with Crippen molar-refractivity contribution in [2.24, 2.45) is 5.41 Å². The number of carbonyl (C=O) groups is 3. The minimum atomic E-state index is -0.998. The van der Waals surface area contributed by atoms with Gasteiger partial charge in [0.1, 0.15) is 12.6 Å². The van der Waals surface area contributed by atoms with E-state index in [1.54, 1.807) is 0 Å². The number of thioether (sulfide) groups is 1. The Hall–Kier alpha value is -3.00. The molecule has 2 aliphatic rings. The highest BCUT2D eigenvalue weighted by Gasteiger charge is 2.36. The number of carboxylic acid groups (broad SMARTS) is 1. The predicted octanol–water partition coefficient (Wildman–Crippen LogP) is 4.36. The van der Waals surface area contributed by atoms with Crippen molar-refractivity contribution in [3.05, 3.63) is 59.7 Å². The van der Waals surface area contributed by atoms with Gasteiger partial charge >= 0.3 is 12.1 Å². The molecule has 186 valence electrons. The van der Waals surface area contributed by atoms with Crippen molar-refractivity contribution in [3.8, 4) is 11.1 Å². The number of nitrogens with one attached hydrogen (secondary N) is 1. The predicted molar refractivity (Wildman–Crippen MR) is 137 cm³/mol. The Kier molecular flexibility index (Phi) is 7.40. The summed E-state index contributed by atoms with van der Waals surface area (Å²) in [4.78, 5) is 39.0. The lowest BCUT2D eigenvalue weighted by molar-refractivity contribution is -0.149. The molecule has 1 aliphatic carbocycles. The zero-order valence-electron chi connectivity index (χ0n) is 20.3. The number of alkyl carbamates (subject to hydrolysis) is 1. The van der Waals surface area contributed by atoms with Gasteiger partial charge in [0.25, 0.3) is 0 Å². The van der Waals surface area contributed by atoms with Crippen molar-refractivity contribution in [2.75, 3.05) is 24.7 Å². The molecule has 1 aliphatic heterocycles. The number of nitrogens with zero attached hydrogens (tertiary/aromatic N) is 1. The minimum Gasteiger partial charge on any atom is -0.480 e. The number of ether oxygens (including phenoxy) is 1. The monoisotopic (exact) mass is 496 g/mol. The fraction of sp³-hybridized carbons (Fsp3) is 0.444. The second-order valence-corrected chi connectivity index (χ2v) is 11.3. The molecule has 2 unspecified atom stereocenters. The van der Waals surface area contributed by atoms with Crippen molar-refractivity contribution in [1.29, 1.82) is 0 Å². The van der Waals surface area contributed by atoms with Crippen molar-refractivity contribution >= 4 is 29.7 Å². The Labute approximate surface area is 210 Å². The molecule has 35 heavy (non-hydrogen) atoms. The number of carboxylic acids is 1. The summed E-state index contributed by atoms with van der Waals surface area (Å²) in [5.74, 6) is -0.236. The van der Waals surface area contributed by atoms with Crippen molar-refractivity contribution < 1.29 is 24.2 Å². The Balaban J connectivity index is 1.42. The van der Waals surface area contributed by atoms with Crippen LogP contribution in [-0.2, 0) is 14.3 Å². The summed E-state index contributed by atoms with van der Waals surface area (Å²) in [6.07, 6.45) is -0.564. The van der Waals surface area contributed by atoms with Gasteiger partial charge in [-0.2, -0.15) is 11.8 Å². The summed E-state index contributed by atoms with van der Waals surface area (Å²) in [5, 5.41) is 12.4. The van der Waals surface area contributed by atoms with Crippen LogP contribution in [-0.4, -0.2) is 64.7 Å². The van der Waals surface area contributed by atoms with Crippen LogP contribution in [0.15, 0.2) is 48.5 Å². The van der Waals surface area contributed by atoms with E-state index in [1.807, 2.05) is 45.0 Å². The second kappa shape index (κ2) is 10.3. The van der Waals surface area contributed by atoms with E-state index in [1.165, 1.54) is 16.7 Å². The Bertz CT molecular complexity index is 1070. The van der Waals surface area contributed by atoms with Crippen molar-refractivity contribution in [1.82, 2.24) is 10.2 Å². The van der Waals surface area contributed by atoms with Gasteiger partial charge in [-0.25, -0.2) is 9.59 Å². The number of fused-ring (bicyclic) bond motifs is 3. The number of amides is 2. The lowest BCUT2D eigenvalue weighted by atomic mass is 9.84. The SMILES string of the molecule is CC(C)(C)C(CC(=O)N1CCSCC1C(=O)O)NC(=O)OCC1c2ccccc2-c2ccccc21. The highest BCUT2D eigenvalue weighted by Crippen LogP contribution is 2.44. The van der Waals surface area contributed by atoms with Crippen molar-refractivity contribution in [3.63, 3.8) is 0 Å². The van der Waals surface area contributed by atoms with Gasteiger partial charge in [0.2, 0.25) is 5.91 Å². The average molecular weight is 497 g/mol. The Morgan fingerprint density at radius 3 is 2.26 bits per heavy atom. The number of hydrogen-bond donors (Lipinski definition) is 2. The average Bonchev–Trinajstić information content (AvgIpc) is 3.15. The van der Waals surface area contributed by atoms with E-state index < -0.39 is 29.6 Å². The maximum atomic E-state index is 13.1. The number of hydrogen-bond acceptors (Lipinski definition) is 5. The highest BCUT2D eigenvalue weighted by molar-refractivity contribution is 7.99. The lowest BCUT2D eigenvalue weighted by Crippen LogP contribution is -2.53. The highest BCUT2D eigenvalue weighted by atomic mass is 32.2. The number of aliphatic carboxylic acids is 1. The zero-order valence-corrected chi connectivity index (χ0v) is 21.1. The molecule has 8 heteroatoms. The van der Waals surface area contributed by atoms with E-state index in [4.69, 9.17) is 4.74 Å². The first-order valence-electron chi connectivity index (χ1n) is 11.9. The van der Waals surface area contributed by atoms with Crippen LogP contribution in [0.1, 0.15) is 44.2 Å². The summed E-state index contributed by atoms with van der Waals surface area (Å²) in [6.45, 7) is 6.40. The van der Waals surface area contributed by atoms with Gasteiger partial charge in [-0.05, 0) is 27.7 Å². The van der Waals surface area contributed by atoms with Gasteiger partial charge in [0, 0.05) is 36.4 Å². The molecule has 2 atom stereocenters. The van der Waals surface area contributed by atoms with Gasteiger partial charge in [-0.15, -0.1) is 0 Å². The second-order valence-electron chi connectivity index (χ2n) is 10.1. The number of carbonyl (C=O) groups excluding carboxylic acids is 2. The molecule has 0 radical (unpaired) electrons. The third kappa shape index (κ3) is 5.48. The van der Waals surface area contributed by atoms with Gasteiger partial charge in [0.15, 0.2) is 0 Å². The molecule has 2 N–H and O–H groups in total. The Morgan fingerprint density at radius 2 is 1.69 bits per heavy atom. The molecule has 0 spiro atoms. The zero-order chi connectivity index (χ0) is 25.2. The van der Waals surface area contributed by atoms with Gasteiger partial charge in [0.05, 0.1) is 0 Å². The first kappa shape index (κ1) is 25.1. The van der Waals surface area contributed by atoms with Crippen LogP contribution in [0.25, 0.3) is 11.1 Å². The first-order chi connectivity index (χ1) is 16.7. The fourth-order valence-electron chi connectivity index (χ4n) is 4.75. The molecule has 1 saturated heterocycles. The van der Waals surface area contributed by atoms with E-state index in [0.29, 0.717) is 18.1 Å². The summed E-state index contributed by atoms with van der Waals surface area (Å²) in [5.41, 5.74) is 4.15. The summed E-state index contributed by atoms with van der Waals surface area (Å²) < 4.78 is 5.68. The van der Waals surface area contributed by atoms with Crippen LogP contribution < -0.4 is 5.32 Å². The van der Waals surface area contributed by atoms with Crippen LogP contribution in [0.3, 0.4) is 0 Å². The third-order valence-corrected chi connectivity index (χ3v) is 7.82. The molecule has 1 heterocycles. The van der Waals surface area contributed by atoms with Gasteiger partial charge in [-0.1, -0.05) is 69.3 Å². The van der Waals surface area contributed by atoms with Gasteiger partial charge < -0.3 is 20.1 Å². The molecule has 0 saturated carbocycles. The molecule has 2 aromatic carbocycles. The molecular formula is C27H32N2O5S. The fourth-order valence-corrected chi connectivity index (χ4v) is 5.79. The minimum absolute atomic E-state index is 0.0160. The van der Waals surface area contributed by atoms with Gasteiger partial charge in [-0.3, -0.25) is 4.79 Å². The molecule has 2 amide bonds. The van der Waals surface area contributed by atoms with E-state index in [2.05, 4.69) is 29.6 Å². The normalized spacial score (nSPS) is 18.4. The number of rotatable bonds is 6. The third-order valence-electron chi connectivity index (χ3n) is 6.79. The first-order valence-corrected chi connectivity index (χ1v) is 13.0. The molecule has 2 aromatic rings. The smallest absolute Gasteiger partial charge is 0.407 e. The number of benzene rings is 2. The Morgan fingerprint density at radius 1 is 1.09 bits per heavy atom. The topological polar surface area (TPSA) is 95.9 Å². The van der Waals surface area contributed by atoms with E-state index in [-0.39, 0.29) is 24.9 Å². The van der Waals surface area contributed by atoms with E-state index in [0.717, 1.165) is 22.3 Å². The summed E-state index contributed by atoms with van der Waals surface area (Å²) in [6, 6.07) is 14.9. The molecule has 1 fully saturated rings. The van der Waals surface area contributed by atoms with E-state index in [9.17, 15) is 19.5 Å². The molecule has 0 aromatic heterocycles. The molecular weight excluding hydrogens is 464 g/mol. The molecule has 7 nitrogen and oxygen atoms in total. The lowest BCUT2D eigenvalue weighted by Gasteiger charge is -2.36. The van der Waals surface area contributed by atoms with Crippen molar-refractivity contribution in [2.45, 2.75) is 45.2 Å². The maximum absolute atomic E-state index is 13.1. The van der Waals surface area contributed by atoms with E-state index >= 15 is 0 Å². The van der Waals surface area contributed by atoms with Crippen LogP contribution in [0.2, 0.25) is 0 Å². The largest absolute Gasteiger partial charge is 0.480 e. The van der Waals surface area contributed by atoms with Crippen LogP contribution >= 0.6 is 11.8 Å². The molecule has 4 rings (SSSR count). The van der Waals surface area contributed by atoms with Crippen LogP contribution in [0, 0.1) is 5.41 Å². The quantitative estimate of drug-likeness (QED) is 0.617. The standard InChI is InChI=1S/C27H32N2O5S/c1-27(2,3)23(14-24(30)29-12-13-35-16-22(29)25(31)32)28-26(33)34-15-21-19-10-6-4-8-17(19)18-9-5-7-11-20(18)21/h4-11,21-23H,12-16H2,1-3H3,(H,28,33)(H,31,32). The summed E-state index contributed by atoms with van der Waals surface area (Å²) in [7, 11) is 0. The summed E-state index contributed by atoms with van der Waals surface area (Å²) >= 11 is 1.53. The maximum Gasteiger partial charge on any atom is 0.407 e.